The third kappa shape index (κ3) is 2.90. The Kier molecular flexibility index (Phi) is 4.22. The molecule has 1 heterocycles. The van der Waals surface area contributed by atoms with E-state index in [4.69, 9.17) is 5.73 Å². The fourth-order valence-electron chi connectivity index (χ4n) is 2.04. The zero-order valence-corrected chi connectivity index (χ0v) is 12.2. The van der Waals surface area contributed by atoms with Crippen molar-refractivity contribution in [2.45, 2.75) is 31.3 Å². The lowest BCUT2D eigenvalue weighted by Gasteiger charge is -2.15. The van der Waals surface area contributed by atoms with E-state index in [0.29, 0.717) is 17.9 Å². The average molecular weight is 294 g/mol. The van der Waals surface area contributed by atoms with Crippen LogP contribution in [0.25, 0.3) is 0 Å². The summed E-state index contributed by atoms with van der Waals surface area (Å²) in [6.07, 6.45) is 3.24. The number of nitrogens with two attached hydrogens (primary N) is 1. The van der Waals surface area contributed by atoms with Crippen LogP contribution in [-0.4, -0.2) is 18.4 Å². The number of H-pyrrole nitrogens is 1. The zero-order chi connectivity index (χ0) is 14.8. The normalized spacial score (nSPS) is 13.3. The first-order valence-corrected chi connectivity index (χ1v) is 7.74. The van der Waals surface area contributed by atoms with Crippen molar-refractivity contribution in [3.05, 3.63) is 47.5 Å². The molecule has 1 atom stereocenters. The lowest BCUT2D eigenvalue weighted by atomic mass is 10.1. The van der Waals surface area contributed by atoms with Crippen LogP contribution in [0.4, 0.5) is 0 Å². The second-order valence-corrected chi connectivity index (χ2v) is 6.24. The third-order valence-electron chi connectivity index (χ3n) is 3.17. The number of rotatable bonds is 5. The van der Waals surface area contributed by atoms with Crippen LogP contribution in [-0.2, 0) is 16.6 Å². The number of imidazole rings is 1. The molecule has 1 aromatic carbocycles. The van der Waals surface area contributed by atoms with Crippen LogP contribution in [0.15, 0.2) is 35.5 Å². The maximum atomic E-state index is 12.4. The van der Waals surface area contributed by atoms with E-state index < -0.39 is 16.1 Å². The molecule has 0 spiro atoms. The molecule has 0 aliphatic carbocycles. The van der Waals surface area contributed by atoms with Gasteiger partial charge in [0.15, 0.2) is 0 Å². The fourth-order valence-corrected chi connectivity index (χ4v) is 3.53. The van der Waals surface area contributed by atoms with Crippen molar-refractivity contribution in [2.24, 2.45) is 5.73 Å². The Bertz CT molecular complexity index is 680. The Morgan fingerprint density at radius 2 is 2.20 bits per heavy atom. The van der Waals surface area contributed by atoms with Crippen molar-refractivity contribution in [1.29, 1.82) is 0 Å². The van der Waals surface area contributed by atoms with Gasteiger partial charge in [0.25, 0.3) is 0 Å². The van der Waals surface area contributed by atoms with Gasteiger partial charge in [0.1, 0.15) is 5.82 Å². The first-order valence-electron chi connectivity index (χ1n) is 6.26. The van der Waals surface area contributed by atoms with E-state index in [9.17, 15) is 8.42 Å². The molecule has 0 aliphatic heterocycles. The predicted octanol–water partition coefficient (Wildman–Crippen LogP) is 1.22. The molecule has 0 fully saturated rings. The van der Waals surface area contributed by atoms with Crippen LogP contribution in [0.1, 0.15) is 29.9 Å². The molecule has 0 aliphatic rings. The lowest BCUT2D eigenvalue weighted by Crippen LogP contribution is -2.28. The summed E-state index contributed by atoms with van der Waals surface area (Å²) in [7, 11) is -3.61. The molecule has 4 N–H and O–H groups in total. The Balaban J connectivity index is 2.31. The van der Waals surface area contributed by atoms with Crippen molar-refractivity contribution < 1.29 is 8.42 Å². The highest BCUT2D eigenvalue weighted by Crippen LogP contribution is 2.20. The van der Waals surface area contributed by atoms with E-state index in [1.165, 1.54) is 0 Å². The molecule has 1 aromatic heterocycles. The highest BCUT2D eigenvalue weighted by molar-refractivity contribution is 7.89. The van der Waals surface area contributed by atoms with Gasteiger partial charge in [-0.3, -0.25) is 0 Å². The number of hydrogen-bond acceptors (Lipinski definition) is 4. The standard InChI is InChI=1S/C13H18N4O2S/c1-9-11(8-14)4-3-5-12(9)20(18,19)17-10(2)13-15-6-7-16-13/h3-7,10,17H,8,14H2,1-2H3,(H,15,16). The molecule has 1 unspecified atom stereocenters. The maximum absolute atomic E-state index is 12.4. The second kappa shape index (κ2) is 5.74. The molecule has 6 nitrogen and oxygen atoms in total. The maximum Gasteiger partial charge on any atom is 0.241 e. The van der Waals surface area contributed by atoms with Gasteiger partial charge in [0.2, 0.25) is 10.0 Å². The Morgan fingerprint density at radius 1 is 1.45 bits per heavy atom. The van der Waals surface area contributed by atoms with E-state index in [2.05, 4.69) is 14.7 Å². The lowest BCUT2D eigenvalue weighted by molar-refractivity contribution is 0.560. The van der Waals surface area contributed by atoms with Gasteiger partial charge in [-0.15, -0.1) is 0 Å². The van der Waals surface area contributed by atoms with Gasteiger partial charge < -0.3 is 10.7 Å². The molecular formula is C13H18N4O2S. The average Bonchev–Trinajstić information content (AvgIpc) is 2.92. The minimum absolute atomic E-state index is 0.249. The van der Waals surface area contributed by atoms with Gasteiger partial charge in [-0.2, -0.15) is 0 Å². The van der Waals surface area contributed by atoms with Crippen LogP contribution in [0.3, 0.4) is 0 Å². The molecule has 0 radical (unpaired) electrons. The minimum Gasteiger partial charge on any atom is -0.347 e. The fraction of sp³-hybridized carbons (Fsp3) is 0.308. The molecular weight excluding hydrogens is 276 g/mol. The number of hydrogen-bond donors (Lipinski definition) is 3. The van der Waals surface area contributed by atoms with Crippen molar-refractivity contribution in [3.8, 4) is 0 Å². The summed E-state index contributed by atoms with van der Waals surface area (Å²) in [5, 5.41) is 0. The topological polar surface area (TPSA) is 101 Å². The number of nitrogens with one attached hydrogen (secondary N) is 2. The smallest absolute Gasteiger partial charge is 0.241 e. The van der Waals surface area contributed by atoms with E-state index in [-0.39, 0.29) is 4.90 Å². The zero-order valence-electron chi connectivity index (χ0n) is 11.4. The van der Waals surface area contributed by atoms with Crippen molar-refractivity contribution in [1.82, 2.24) is 14.7 Å². The summed E-state index contributed by atoms with van der Waals surface area (Å²) < 4.78 is 27.5. The van der Waals surface area contributed by atoms with Gasteiger partial charge in [-0.25, -0.2) is 18.1 Å². The monoisotopic (exact) mass is 294 g/mol. The number of sulfonamides is 1. The summed E-state index contributed by atoms with van der Waals surface area (Å²) in [5.74, 6) is 0.571. The number of nitrogens with zero attached hydrogens (tertiary/aromatic N) is 1. The minimum atomic E-state index is -3.61. The summed E-state index contributed by atoms with van der Waals surface area (Å²) in [6, 6.07) is 4.66. The largest absolute Gasteiger partial charge is 0.347 e. The van der Waals surface area contributed by atoms with E-state index >= 15 is 0 Å². The van der Waals surface area contributed by atoms with E-state index in [1.807, 2.05) is 6.07 Å². The molecule has 0 saturated carbocycles. The molecule has 0 bridgehead atoms. The summed E-state index contributed by atoms with van der Waals surface area (Å²) in [4.78, 5) is 7.19. The third-order valence-corrected chi connectivity index (χ3v) is 4.85. The van der Waals surface area contributed by atoms with E-state index in [0.717, 1.165) is 5.56 Å². The number of benzene rings is 1. The van der Waals surface area contributed by atoms with Crippen LogP contribution >= 0.6 is 0 Å². The van der Waals surface area contributed by atoms with Gasteiger partial charge in [0.05, 0.1) is 10.9 Å². The Labute approximate surface area is 118 Å². The van der Waals surface area contributed by atoms with Crippen LogP contribution in [0.2, 0.25) is 0 Å². The molecule has 0 amide bonds. The van der Waals surface area contributed by atoms with Gasteiger partial charge in [-0.1, -0.05) is 12.1 Å². The Hall–Kier alpha value is -1.70. The van der Waals surface area contributed by atoms with Gasteiger partial charge in [-0.05, 0) is 31.0 Å². The molecule has 2 rings (SSSR count). The summed E-state index contributed by atoms with van der Waals surface area (Å²) in [6.45, 7) is 3.80. The quantitative estimate of drug-likeness (QED) is 0.771. The SMILES string of the molecule is Cc1c(CN)cccc1S(=O)(=O)NC(C)c1ncc[nH]1. The van der Waals surface area contributed by atoms with Crippen molar-refractivity contribution in [2.75, 3.05) is 0 Å². The number of aromatic nitrogens is 2. The number of aromatic amines is 1. The molecule has 2 aromatic rings. The predicted molar refractivity (Wildman–Crippen MR) is 76.4 cm³/mol. The van der Waals surface area contributed by atoms with Crippen molar-refractivity contribution >= 4 is 10.0 Å². The van der Waals surface area contributed by atoms with Crippen LogP contribution < -0.4 is 10.5 Å². The first kappa shape index (κ1) is 14.7. The van der Waals surface area contributed by atoms with Crippen LogP contribution in [0.5, 0.6) is 0 Å². The van der Waals surface area contributed by atoms with Gasteiger partial charge in [0, 0.05) is 18.9 Å². The second-order valence-electron chi connectivity index (χ2n) is 4.56. The van der Waals surface area contributed by atoms with E-state index in [1.54, 1.807) is 38.4 Å². The first-order chi connectivity index (χ1) is 9.45. The molecule has 108 valence electrons. The summed E-state index contributed by atoms with van der Waals surface area (Å²) in [5.41, 5.74) is 7.10. The van der Waals surface area contributed by atoms with Gasteiger partial charge >= 0.3 is 0 Å². The molecule has 7 heteroatoms. The summed E-state index contributed by atoms with van der Waals surface area (Å²) >= 11 is 0. The molecule has 20 heavy (non-hydrogen) atoms. The van der Waals surface area contributed by atoms with Crippen LogP contribution in [0, 0.1) is 6.92 Å². The van der Waals surface area contributed by atoms with Crippen molar-refractivity contribution in [3.63, 3.8) is 0 Å². The highest BCUT2D eigenvalue weighted by Gasteiger charge is 2.22. The Morgan fingerprint density at radius 3 is 2.80 bits per heavy atom. The highest BCUT2D eigenvalue weighted by atomic mass is 32.2. The molecule has 0 saturated heterocycles.